The Morgan fingerprint density at radius 2 is 2.36 bits per heavy atom. The second kappa shape index (κ2) is 6.35. The van der Waals surface area contributed by atoms with E-state index in [-0.39, 0.29) is 35.5 Å². The van der Waals surface area contributed by atoms with Gasteiger partial charge in [-0.15, -0.1) is 11.8 Å². The number of amides is 1. The summed E-state index contributed by atoms with van der Waals surface area (Å²) in [5.74, 6) is 1.38. The first-order valence-corrected chi connectivity index (χ1v) is 4.78. The Labute approximate surface area is 94.2 Å². The van der Waals surface area contributed by atoms with Gasteiger partial charge in [-0.3, -0.25) is 4.79 Å². The molecule has 1 radical (unpaired) electrons. The fraction of sp³-hybridized carbons (Fsp3) is 0.857. The maximum absolute atomic E-state index is 10.4. The van der Waals surface area contributed by atoms with Gasteiger partial charge in [-0.05, 0) is 12.2 Å². The molecule has 0 bridgehead atoms. The number of carbonyl (C=O) groups is 1. The fourth-order valence-corrected chi connectivity index (χ4v) is 2.02. The first-order chi connectivity index (χ1) is 4.83. The Morgan fingerprint density at radius 3 is 2.82 bits per heavy atom. The molecular formula is C7H13NNaOS. The van der Waals surface area contributed by atoms with Crippen LogP contribution >= 0.6 is 11.8 Å². The van der Waals surface area contributed by atoms with Crippen molar-refractivity contribution >= 4 is 47.2 Å². The van der Waals surface area contributed by atoms with Crippen molar-refractivity contribution in [2.45, 2.75) is 31.6 Å². The summed E-state index contributed by atoms with van der Waals surface area (Å²) in [6.07, 6.45) is 3.24. The average molecular weight is 182 g/mol. The summed E-state index contributed by atoms with van der Waals surface area (Å²) in [4.78, 5) is 10.4. The predicted octanol–water partition coefficient (Wildman–Crippen LogP) is 0.985. The molecule has 4 heteroatoms. The second-order valence-corrected chi connectivity index (χ2v) is 3.80. The molecular weight excluding hydrogens is 169 g/mol. The summed E-state index contributed by atoms with van der Waals surface area (Å²) >= 11 is 1.86. The monoisotopic (exact) mass is 182 g/mol. The molecule has 1 fully saturated rings. The van der Waals surface area contributed by atoms with Crippen LogP contribution in [0.5, 0.6) is 0 Å². The minimum atomic E-state index is 0. The summed E-state index contributed by atoms with van der Waals surface area (Å²) in [6.45, 7) is 2.18. The molecule has 1 heterocycles. The number of unbranched alkanes of at least 4 members (excludes halogenated alkanes) is 1. The van der Waals surface area contributed by atoms with Crippen molar-refractivity contribution in [1.29, 1.82) is 0 Å². The zero-order chi connectivity index (χ0) is 7.40. The summed E-state index contributed by atoms with van der Waals surface area (Å²) in [7, 11) is 0. The van der Waals surface area contributed by atoms with E-state index in [4.69, 9.17) is 0 Å². The van der Waals surface area contributed by atoms with E-state index >= 15 is 0 Å². The van der Waals surface area contributed by atoms with Crippen LogP contribution in [-0.4, -0.2) is 46.6 Å². The van der Waals surface area contributed by atoms with Gasteiger partial charge in [0.25, 0.3) is 0 Å². The first-order valence-electron chi connectivity index (χ1n) is 3.74. The third-order valence-corrected chi connectivity index (χ3v) is 2.72. The number of hydrogen-bond donors (Lipinski definition) is 1. The van der Waals surface area contributed by atoms with Crippen LogP contribution in [-0.2, 0) is 4.79 Å². The maximum atomic E-state index is 10.4. The number of thioether (sulfide) groups is 1. The normalized spacial score (nSPS) is 21.5. The van der Waals surface area contributed by atoms with Gasteiger partial charge in [0.15, 0.2) is 0 Å². The van der Waals surface area contributed by atoms with Crippen molar-refractivity contribution in [1.82, 2.24) is 5.32 Å². The molecule has 1 rings (SSSR count). The summed E-state index contributed by atoms with van der Waals surface area (Å²) < 4.78 is 0. The smallest absolute Gasteiger partial charge is 0.223 e. The Balaban J connectivity index is 0.000001000. The second-order valence-electron chi connectivity index (χ2n) is 2.48. The van der Waals surface area contributed by atoms with E-state index in [0.29, 0.717) is 5.37 Å². The van der Waals surface area contributed by atoms with Crippen molar-refractivity contribution in [3.05, 3.63) is 0 Å². The molecule has 1 aliphatic heterocycles. The van der Waals surface area contributed by atoms with E-state index in [2.05, 4.69) is 12.2 Å². The molecule has 0 saturated carbocycles. The van der Waals surface area contributed by atoms with Crippen LogP contribution in [0.3, 0.4) is 0 Å². The number of carbonyl (C=O) groups excluding carboxylic acids is 1. The molecule has 59 valence electrons. The molecule has 1 amide bonds. The van der Waals surface area contributed by atoms with E-state index in [1.807, 2.05) is 11.8 Å². The standard InChI is InChI=1S/C7H13NOS.Na/c1-2-3-4-10-7-5-6(9)8-7;/h7H,2-5H2,1H3,(H,8,9);. The minimum absolute atomic E-state index is 0. The number of rotatable bonds is 4. The van der Waals surface area contributed by atoms with E-state index < -0.39 is 0 Å². The van der Waals surface area contributed by atoms with Crippen LogP contribution in [0.25, 0.3) is 0 Å². The summed E-state index contributed by atoms with van der Waals surface area (Å²) in [5.41, 5.74) is 0. The number of hydrogen-bond acceptors (Lipinski definition) is 2. The van der Waals surface area contributed by atoms with Crippen molar-refractivity contribution in [3.8, 4) is 0 Å². The molecule has 0 aliphatic carbocycles. The quantitative estimate of drug-likeness (QED) is 0.399. The van der Waals surface area contributed by atoms with Crippen LogP contribution in [0.1, 0.15) is 26.2 Å². The van der Waals surface area contributed by atoms with Crippen LogP contribution < -0.4 is 5.32 Å². The third-order valence-electron chi connectivity index (χ3n) is 1.51. The molecule has 0 aromatic carbocycles. The van der Waals surface area contributed by atoms with Gasteiger partial charge in [-0.1, -0.05) is 13.3 Å². The van der Waals surface area contributed by atoms with Crippen LogP contribution in [0.15, 0.2) is 0 Å². The van der Waals surface area contributed by atoms with E-state index in [0.717, 1.165) is 6.42 Å². The largest absolute Gasteiger partial charge is 0.344 e. The molecule has 1 atom stereocenters. The van der Waals surface area contributed by atoms with Crippen LogP contribution in [0.2, 0.25) is 0 Å². The zero-order valence-corrected chi connectivity index (χ0v) is 10.0. The molecule has 0 spiro atoms. The first kappa shape index (κ1) is 11.8. The fourth-order valence-electron chi connectivity index (χ4n) is 0.797. The van der Waals surface area contributed by atoms with Gasteiger partial charge in [0.1, 0.15) is 0 Å². The van der Waals surface area contributed by atoms with Gasteiger partial charge in [0.05, 0.1) is 11.8 Å². The Morgan fingerprint density at radius 1 is 1.73 bits per heavy atom. The molecule has 1 aliphatic rings. The van der Waals surface area contributed by atoms with Gasteiger partial charge in [-0.2, -0.15) is 0 Å². The van der Waals surface area contributed by atoms with Crippen molar-refractivity contribution in [2.24, 2.45) is 0 Å². The van der Waals surface area contributed by atoms with Crippen molar-refractivity contribution in [3.63, 3.8) is 0 Å². The topological polar surface area (TPSA) is 29.1 Å². The third kappa shape index (κ3) is 4.41. The summed E-state index contributed by atoms with van der Waals surface area (Å²) in [6, 6.07) is 0. The van der Waals surface area contributed by atoms with Gasteiger partial charge >= 0.3 is 0 Å². The molecule has 2 nitrogen and oxygen atoms in total. The number of nitrogens with one attached hydrogen (secondary N) is 1. The van der Waals surface area contributed by atoms with Gasteiger partial charge in [0.2, 0.25) is 5.91 Å². The molecule has 0 aromatic heterocycles. The maximum Gasteiger partial charge on any atom is 0.223 e. The molecule has 11 heavy (non-hydrogen) atoms. The Kier molecular flexibility index (Phi) is 6.82. The van der Waals surface area contributed by atoms with Gasteiger partial charge in [-0.25, -0.2) is 0 Å². The minimum Gasteiger partial charge on any atom is -0.344 e. The van der Waals surface area contributed by atoms with Crippen molar-refractivity contribution < 1.29 is 4.79 Å². The van der Waals surface area contributed by atoms with E-state index in [1.54, 1.807) is 0 Å². The van der Waals surface area contributed by atoms with E-state index in [1.165, 1.54) is 18.6 Å². The average Bonchev–Trinajstić information content (AvgIpc) is 1.85. The van der Waals surface area contributed by atoms with Crippen LogP contribution in [0, 0.1) is 0 Å². The number of β-lactam (4-membered cyclic amide) rings is 1. The molecule has 1 N–H and O–H groups in total. The predicted molar refractivity (Wildman–Crippen MR) is 49.7 cm³/mol. The molecule has 1 unspecified atom stereocenters. The Bertz CT molecular complexity index is 124. The van der Waals surface area contributed by atoms with Crippen LogP contribution in [0.4, 0.5) is 0 Å². The van der Waals surface area contributed by atoms with Crippen molar-refractivity contribution in [2.75, 3.05) is 5.75 Å². The van der Waals surface area contributed by atoms with Gasteiger partial charge < -0.3 is 5.32 Å². The zero-order valence-electron chi connectivity index (χ0n) is 7.22. The molecule has 0 aromatic rings. The van der Waals surface area contributed by atoms with E-state index in [9.17, 15) is 4.79 Å². The SMILES string of the molecule is CCCCSC1CC(=O)N1.[Na]. The molecule has 1 saturated heterocycles. The summed E-state index contributed by atoms with van der Waals surface area (Å²) in [5, 5.41) is 3.26. The Hall–Kier alpha value is 0.820. The van der Waals surface area contributed by atoms with Gasteiger partial charge in [0, 0.05) is 29.6 Å².